The molecule has 4 heterocycles. The predicted molar refractivity (Wildman–Crippen MR) is 134 cm³/mol. The molecule has 0 aliphatic carbocycles. The van der Waals surface area contributed by atoms with Crippen LogP contribution in [-0.2, 0) is 5.41 Å². The highest BCUT2D eigenvalue weighted by Gasteiger charge is 2.20. The molecule has 0 spiro atoms. The number of furan rings is 1. The summed E-state index contributed by atoms with van der Waals surface area (Å²) >= 11 is 1.75. The molecule has 0 fully saturated rings. The molecule has 4 aromatic heterocycles. The van der Waals surface area contributed by atoms with Gasteiger partial charge in [-0.15, -0.1) is 11.3 Å². The first kappa shape index (κ1) is 19.2. The zero-order chi connectivity index (χ0) is 21.9. The van der Waals surface area contributed by atoms with Gasteiger partial charge in [0.15, 0.2) is 0 Å². The number of rotatable bonds is 2. The van der Waals surface area contributed by atoms with Gasteiger partial charge in [0.05, 0.1) is 22.5 Å². The van der Waals surface area contributed by atoms with Gasteiger partial charge in [0.25, 0.3) is 0 Å². The Hall–Kier alpha value is -3.50. The molecule has 0 saturated heterocycles. The molecule has 0 N–H and O–H groups in total. The van der Waals surface area contributed by atoms with E-state index in [4.69, 9.17) is 9.40 Å². The molecule has 156 valence electrons. The maximum Gasteiger partial charge on any atom is 0.137 e. The second-order valence-corrected chi connectivity index (χ2v) is 10.3. The van der Waals surface area contributed by atoms with E-state index in [1.54, 1.807) is 17.6 Å². The Balaban J connectivity index is 1.60. The van der Waals surface area contributed by atoms with Gasteiger partial charge >= 0.3 is 0 Å². The standard InChI is InChI=1S/C28H22N2OS/c1-28(2,3)22-15-18(14-17-6-4-5-7-19(17)22)26-21-16-25(32-24(21)9-12-29-26)27-20-10-13-31-23(20)8-11-30-27/h4-16H,1-3H3. The van der Waals surface area contributed by atoms with Crippen LogP contribution in [0.1, 0.15) is 26.3 Å². The average Bonchev–Trinajstić information content (AvgIpc) is 3.44. The first-order valence-electron chi connectivity index (χ1n) is 10.7. The summed E-state index contributed by atoms with van der Waals surface area (Å²) in [5.74, 6) is 0. The summed E-state index contributed by atoms with van der Waals surface area (Å²) < 4.78 is 6.79. The van der Waals surface area contributed by atoms with Gasteiger partial charge < -0.3 is 4.42 Å². The minimum atomic E-state index is 0.0319. The Kier molecular flexibility index (Phi) is 4.21. The van der Waals surface area contributed by atoms with Crippen LogP contribution in [0.4, 0.5) is 0 Å². The van der Waals surface area contributed by atoms with E-state index < -0.39 is 0 Å². The molecule has 0 atom stereocenters. The van der Waals surface area contributed by atoms with Crippen LogP contribution in [0.3, 0.4) is 0 Å². The number of aromatic nitrogens is 2. The molecular formula is C28H22N2OS. The Morgan fingerprint density at radius 3 is 2.47 bits per heavy atom. The molecule has 0 unspecified atom stereocenters. The quantitative estimate of drug-likeness (QED) is 0.275. The van der Waals surface area contributed by atoms with E-state index in [1.165, 1.54) is 21.0 Å². The van der Waals surface area contributed by atoms with E-state index in [1.807, 2.05) is 24.5 Å². The lowest BCUT2D eigenvalue weighted by Crippen LogP contribution is -2.12. The Morgan fingerprint density at radius 2 is 1.59 bits per heavy atom. The lowest BCUT2D eigenvalue weighted by atomic mass is 9.82. The smallest absolute Gasteiger partial charge is 0.137 e. The van der Waals surface area contributed by atoms with E-state index in [0.29, 0.717) is 0 Å². The van der Waals surface area contributed by atoms with Crippen LogP contribution in [-0.4, -0.2) is 9.97 Å². The van der Waals surface area contributed by atoms with Gasteiger partial charge in [-0.3, -0.25) is 9.97 Å². The molecule has 0 saturated carbocycles. The minimum Gasteiger partial charge on any atom is -0.464 e. The topological polar surface area (TPSA) is 38.9 Å². The summed E-state index contributed by atoms with van der Waals surface area (Å²) in [6.45, 7) is 6.81. The molecule has 0 radical (unpaired) electrons. The summed E-state index contributed by atoms with van der Waals surface area (Å²) in [6.07, 6.45) is 5.44. The molecule has 32 heavy (non-hydrogen) atoms. The Morgan fingerprint density at radius 1 is 0.781 bits per heavy atom. The number of pyridine rings is 2. The third kappa shape index (κ3) is 3.02. The van der Waals surface area contributed by atoms with Crippen LogP contribution in [0.15, 0.2) is 83.7 Å². The SMILES string of the molecule is CC(C)(C)c1cc(-c2nccc3sc(-c4nccc5occc45)cc23)cc2ccccc12. The summed E-state index contributed by atoms with van der Waals surface area (Å²) in [7, 11) is 0. The minimum absolute atomic E-state index is 0.0319. The fraction of sp³-hybridized carbons (Fsp3) is 0.143. The fourth-order valence-electron chi connectivity index (χ4n) is 4.47. The third-order valence-corrected chi connectivity index (χ3v) is 7.11. The number of fused-ring (bicyclic) bond motifs is 3. The summed E-state index contributed by atoms with van der Waals surface area (Å²) in [6, 6.07) is 21.4. The van der Waals surface area contributed by atoms with Crippen molar-refractivity contribution in [2.45, 2.75) is 26.2 Å². The first-order chi connectivity index (χ1) is 15.5. The summed E-state index contributed by atoms with van der Waals surface area (Å²) in [5, 5.41) is 4.74. The molecule has 4 heteroatoms. The van der Waals surface area contributed by atoms with E-state index >= 15 is 0 Å². The largest absolute Gasteiger partial charge is 0.464 e. The second-order valence-electron chi connectivity index (χ2n) is 9.17. The highest BCUT2D eigenvalue weighted by Crippen LogP contribution is 2.41. The lowest BCUT2D eigenvalue weighted by molar-refractivity contribution is 0.596. The van der Waals surface area contributed by atoms with Crippen LogP contribution in [0.2, 0.25) is 0 Å². The van der Waals surface area contributed by atoms with Crippen LogP contribution < -0.4 is 0 Å². The van der Waals surface area contributed by atoms with Crippen molar-refractivity contribution in [2.24, 2.45) is 0 Å². The van der Waals surface area contributed by atoms with Gasteiger partial charge in [-0.2, -0.15) is 0 Å². The van der Waals surface area contributed by atoms with Gasteiger partial charge in [-0.1, -0.05) is 45.0 Å². The van der Waals surface area contributed by atoms with Crippen molar-refractivity contribution < 1.29 is 4.42 Å². The number of hydrogen-bond acceptors (Lipinski definition) is 4. The number of thiophene rings is 1. The zero-order valence-electron chi connectivity index (χ0n) is 18.2. The highest BCUT2D eigenvalue weighted by molar-refractivity contribution is 7.22. The zero-order valence-corrected chi connectivity index (χ0v) is 19.0. The lowest BCUT2D eigenvalue weighted by Gasteiger charge is -2.22. The van der Waals surface area contributed by atoms with Gasteiger partial charge in [0.2, 0.25) is 0 Å². The van der Waals surface area contributed by atoms with Crippen LogP contribution >= 0.6 is 11.3 Å². The van der Waals surface area contributed by atoms with Crippen LogP contribution in [0, 0.1) is 0 Å². The molecule has 6 rings (SSSR count). The van der Waals surface area contributed by atoms with Crippen molar-refractivity contribution >= 4 is 43.2 Å². The number of nitrogens with zero attached hydrogens (tertiary/aromatic N) is 2. The van der Waals surface area contributed by atoms with Crippen molar-refractivity contribution in [1.29, 1.82) is 0 Å². The van der Waals surface area contributed by atoms with Crippen molar-refractivity contribution in [1.82, 2.24) is 9.97 Å². The molecule has 2 aromatic carbocycles. The third-order valence-electron chi connectivity index (χ3n) is 6.00. The number of benzene rings is 2. The molecular weight excluding hydrogens is 412 g/mol. The van der Waals surface area contributed by atoms with Crippen molar-refractivity contribution in [3.63, 3.8) is 0 Å². The maximum absolute atomic E-state index is 5.59. The van der Waals surface area contributed by atoms with E-state index in [-0.39, 0.29) is 5.41 Å². The molecule has 0 aliphatic heterocycles. The molecule has 3 nitrogen and oxygen atoms in total. The number of hydrogen-bond donors (Lipinski definition) is 0. The van der Waals surface area contributed by atoms with E-state index in [0.717, 1.165) is 38.2 Å². The average molecular weight is 435 g/mol. The first-order valence-corrected chi connectivity index (χ1v) is 11.6. The van der Waals surface area contributed by atoms with E-state index in [2.05, 4.69) is 74.3 Å². The monoisotopic (exact) mass is 434 g/mol. The fourth-order valence-corrected chi connectivity index (χ4v) is 5.54. The van der Waals surface area contributed by atoms with Crippen LogP contribution in [0.25, 0.3) is 53.7 Å². The maximum atomic E-state index is 5.59. The second kappa shape index (κ2) is 7.01. The highest BCUT2D eigenvalue weighted by atomic mass is 32.1. The van der Waals surface area contributed by atoms with Crippen molar-refractivity contribution in [2.75, 3.05) is 0 Å². The molecule has 0 bridgehead atoms. The van der Waals surface area contributed by atoms with Gasteiger partial charge in [-0.05, 0) is 58.1 Å². The Bertz CT molecular complexity index is 1620. The van der Waals surface area contributed by atoms with Gasteiger partial charge in [0, 0.05) is 33.4 Å². The van der Waals surface area contributed by atoms with E-state index in [9.17, 15) is 0 Å². The van der Waals surface area contributed by atoms with Gasteiger partial charge in [-0.25, -0.2) is 0 Å². The predicted octanol–water partition coefficient (Wildman–Crippen LogP) is 8.22. The summed E-state index contributed by atoms with van der Waals surface area (Å²) in [4.78, 5) is 10.6. The molecule has 0 amide bonds. The van der Waals surface area contributed by atoms with Crippen molar-refractivity contribution in [3.8, 4) is 21.8 Å². The van der Waals surface area contributed by atoms with Crippen LogP contribution in [0.5, 0.6) is 0 Å². The van der Waals surface area contributed by atoms with Crippen molar-refractivity contribution in [3.05, 3.63) is 84.9 Å². The molecule has 6 aromatic rings. The van der Waals surface area contributed by atoms with Gasteiger partial charge in [0.1, 0.15) is 5.58 Å². The normalized spacial score (nSPS) is 12.2. The summed E-state index contributed by atoms with van der Waals surface area (Å²) in [5.41, 5.74) is 5.35. The molecule has 0 aliphatic rings. The Labute approximate surface area is 190 Å².